The van der Waals surface area contributed by atoms with E-state index in [2.05, 4.69) is 30.8 Å². The lowest BCUT2D eigenvalue weighted by Gasteiger charge is -2.31. The van der Waals surface area contributed by atoms with Crippen molar-refractivity contribution in [2.75, 3.05) is 44.7 Å². The predicted octanol–water partition coefficient (Wildman–Crippen LogP) is 6.31. The number of benzene rings is 2. The summed E-state index contributed by atoms with van der Waals surface area (Å²) in [5.74, 6) is -0.0481. The van der Waals surface area contributed by atoms with Gasteiger partial charge in [-0.2, -0.15) is 9.97 Å². The zero-order valence-electron chi connectivity index (χ0n) is 28.9. The van der Waals surface area contributed by atoms with Crippen LogP contribution in [0.25, 0.3) is 39.0 Å². The van der Waals surface area contributed by atoms with Crippen molar-refractivity contribution < 1.29 is 27.1 Å². The Morgan fingerprint density at radius 3 is 2.72 bits per heavy atom. The Morgan fingerprint density at radius 1 is 1.09 bits per heavy atom. The lowest BCUT2D eigenvalue weighted by Crippen LogP contribution is -2.43. The third-order valence-corrected chi connectivity index (χ3v) is 10.7. The molecule has 3 aromatic heterocycles. The molecular weight excluding hydrogens is 686 g/mol. The van der Waals surface area contributed by atoms with E-state index < -0.39 is 41.5 Å². The molecule has 3 fully saturated rings. The number of rotatable bonds is 8. The van der Waals surface area contributed by atoms with E-state index >= 15 is 13.2 Å². The van der Waals surface area contributed by atoms with Gasteiger partial charge < -0.3 is 14.5 Å². The number of terminal acetylenes is 1. The minimum atomic E-state index is -1.61. The van der Waals surface area contributed by atoms with Crippen LogP contribution in [0.15, 0.2) is 72.8 Å². The standard InChI is InChI=1S/C40H35F4N7O2/c1-3-24-9-6-10-25-11-7-13-28(33(24)25)35-34(44)36-29(19-46-35)37(48-39(47-36)53-23-40-14-8-16-51(40)20-26(41)18-40)49(2)32-22-50(21-31(32)43)38(52)30(42)17-27-12-4-5-15-45-27/h1,4-7,9-13,15,17,19,26,31-32H,8,14,16,18,20-23H2,2H3/b30-17-/t26-,31-,32+,40+/m1/s1. The van der Waals surface area contributed by atoms with Crippen molar-refractivity contribution in [3.05, 3.63) is 89.9 Å². The zero-order chi connectivity index (χ0) is 36.9. The smallest absolute Gasteiger partial charge is 0.319 e. The van der Waals surface area contributed by atoms with Crippen molar-refractivity contribution in [2.24, 2.45) is 0 Å². The first-order valence-corrected chi connectivity index (χ1v) is 17.5. The Morgan fingerprint density at radius 2 is 1.92 bits per heavy atom. The fourth-order valence-corrected chi connectivity index (χ4v) is 8.09. The van der Waals surface area contributed by atoms with Crippen LogP contribution in [0, 0.1) is 18.2 Å². The zero-order valence-corrected chi connectivity index (χ0v) is 28.9. The number of aromatic nitrogens is 4. The van der Waals surface area contributed by atoms with Gasteiger partial charge in [-0.1, -0.05) is 42.3 Å². The maximum Gasteiger partial charge on any atom is 0.319 e. The summed E-state index contributed by atoms with van der Waals surface area (Å²) >= 11 is 0. The second-order valence-corrected chi connectivity index (χ2v) is 13.9. The van der Waals surface area contributed by atoms with Gasteiger partial charge in [0.1, 0.15) is 36.0 Å². The Bertz CT molecular complexity index is 2300. The van der Waals surface area contributed by atoms with Gasteiger partial charge in [0.15, 0.2) is 11.6 Å². The summed E-state index contributed by atoms with van der Waals surface area (Å²) in [6.07, 6.45) is 9.05. The molecule has 8 rings (SSSR count). The first kappa shape index (κ1) is 34.5. The predicted molar refractivity (Wildman–Crippen MR) is 194 cm³/mol. The molecule has 3 aliphatic rings. The number of alkyl halides is 2. The van der Waals surface area contributed by atoms with Gasteiger partial charge in [0, 0.05) is 61.5 Å². The molecule has 0 spiro atoms. The molecule has 1 amide bonds. The molecule has 53 heavy (non-hydrogen) atoms. The van der Waals surface area contributed by atoms with E-state index in [1.165, 1.54) is 17.3 Å². The van der Waals surface area contributed by atoms with Crippen LogP contribution >= 0.6 is 0 Å². The van der Waals surface area contributed by atoms with Crippen LogP contribution < -0.4 is 9.64 Å². The fourth-order valence-electron chi connectivity index (χ4n) is 8.09. The third-order valence-electron chi connectivity index (χ3n) is 10.7. The second kappa shape index (κ2) is 13.7. The second-order valence-electron chi connectivity index (χ2n) is 13.9. The van der Waals surface area contributed by atoms with E-state index in [9.17, 15) is 9.18 Å². The number of likely N-dealkylation sites (N-methyl/N-ethyl adjacent to an activating group) is 1. The van der Waals surface area contributed by atoms with Gasteiger partial charge in [-0.05, 0) is 43.0 Å². The van der Waals surface area contributed by atoms with Crippen LogP contribution in [0.4, 0.5) is 23.4 Å². The SMILES string of the molecule is C#Cc1cccc2cccc(-c3ncc4c(N(C)[C@H]5CN(C(=O)/C(F)=C/c6ccccn6)C[C@H]5F)nc(OC[C@@]56CCCN5C[C@H](F)C6)nc4c3F)c12. The largest absolute Gasteiger partial charge is 0.461 e. The van der Waals surface area contributed by atoms with Gasteiger partial charge in [-0.15, -0.1) is 6.42 Å². The van der Waals surface area contributed by atoms with E-state index in [0.717, 1.165) is 35.7 Å². The molecule has 5 aromatic rings. The summed E-state index contributed by atoms with van der Waals surface area (Å²) in [6.45, 7) is 0.585. The number of fused-ring (bicyclic) bond motifs is 3. The molecule has 4 atom stereocenters. The van der Waals surface area contributed by atoms with Crippen molar-refractivity contribution in [1.82, 2.24) is 29.7 Å². The van der Waals surface area contributed by atoms with E-state index in [4.69, 9.17) is 11.2 Å². The van der Waals surface area contributed by atoms with Crippen molar-refractivity contribution in [3.8, 4) is 29.6 Å². The Balaban J connectivity index is 1.18. The molecule has 0 unspecified atom stereocenters. The van der Waals surface area contributed by atoms with Crippen molar-refractivity contribution in [3.63, 3.8) is 0 Å². The average molecular weight is 722 g/mol. The molecule has 6 heterocycles. The average Bonchev–Trinajstić information content (AvgIpc) is 3.84. The maximum atomic E-state index is 16.9. The van der Waals surface area contributed by atoms with Crippen LogP contribution in [-0.2, 0) is 4.79 Å². The molecule has 0 bridgehead atoms. The van der Waals surface area contributed by atoms with Gasteiger partial charge in [0.05, 0.1) is 29.2 Å². The number of likely N-dealkylation sites (tertiary alicyclic amines) is 1. The van der Waals surface area contributed by atoms with Gasteiger partial charge in [0.25, 0.3) is 5.91 Å². The number of halogens is 4. The summed E-state index contributed by atoms with van der Waals surface area (Å²) in [4.78, 5) is 35.4. The monoisotopic (exact) mass is 721 g/mol. The highest BCUT2D eigenvalue weighted by Gasteiger charge is 2.49. The van der Waals surface area contributed by atoms with E-state index in [1.54, 1.807) is 43.4 Å². The molecule has 0 N–H and O–H groups in total. The Hall–Kier alpha value is -5.61. The van der Waals surface area contributed by atoms with Gasteiger partial charge >= 0.3 is 6.01 Å². The van der Waals surface area contributed by atoms with E-state index in [0.29, 0.717) is 29.5 Å². The van der Waals surface area contributed by atoms with Crippen LogP contribution in [0.5, 0.6) is 6.01 Å². The molecule has 3 saturated heterocycles. The number of carbonyl (C=O) groups excluding carboxylic acids is 1. The summed E-state index contributed by atoms with van der Waals surface area (Å²) in [5, 5.41) is 1.62. The highest BCUT2D eigenvalue weighted by Crippen LogP contribution is 2.41. The number of anilines is 1. The number of ether oxygens (including phenoxy) is 1. The van der Waals surface area contributed by atoms with E-state index in [-0.39, 0.29) is 53.8 Å². The molecule has 0 aliphatic carbocycles. The molecule has 0 saturated carbocycles. The fraction of sp³-hybridized carbons (Fsp3) is 0.325. The summed E-state index contributed by atoms with van der Waals surface area (Å²) in [6, 6.07) is 14.6. The minimum absolute atomic E-state index is 0.00291. The maximum absolute atomic E-state index is 16.9. The van der Waals surface area contributed by atoms with Crippen molar-refractivity contribution in [1.29, 1.82) is 0 Å². The summed E-state index contributed by atoms with van der Waals surface area (Å²) in [5.41, 5.74) is 0.603. The van der Waals surface area contributed by atoms with E-state index in [1.807, 2.05) is 18.2 Å². The first-order valence-electron chi connectivity index (χ1n) is 17.5. The number of pyridine rings is 2. The number of carbonyl (C=O) groups is 1. The van der Waals surface area contributed by atoms with Crippen LogP contribution in [-0.4, -0.2) is 99.4 Å². The molecule has 270 valence electrons. The normalized spacial score (nSPS) is 23.1. The minimum Gasteiger partial charge on any atom is -0.461 e. The van der Waals surface area contributed by atoms with Crippen molar-refractivity contribution >= 4 is 39.5 Å². The third kappa shape index (κ3) is 6.20. The Kier molecular flexibility index (Phi) is 8.94. The number of hydrogen-bond acceptors (Lipinski definition) is 8. The lowest BCUT2D eigenvalue weighted by atomic mass is 9.95. The van der Waals surface area contributed by atoms with Crippen LogP contribution in [0.2, 0.25) is 0 Å². The molecule has 2 aromatic carbocycles. The summed E-state index contributed by atoms with van der Waals surface area (Å²) in [7, 11) is 1.56. The quantitative estimate of drug-likeness (QED) is 0.105. The van der Waals surface area contributed by atoms with Gasteiger partial charge in [-0.25, -0.2) is 17.6 Å². The lowest BCUT2D eigenvalue weighted by molar-refractivity contribution is -0.127. The Labute approximate surface area is 303 Å². The number of hydrogen-bond donors (Lipinski definition) is 0. The molecule has 3 aliphatic heterocycles. The molecule has 13 heteroatoms. The summed E-state index contributed by atoms with van der Waals surface area (Å²) < 4.78 is 68.6. The topological polar surface area (TPSA) is 87.6 Å². The highest BCUT2D eigenvalue weighted by molar-refractivity contribution is 6.02. The first-order chi connectivity index (χ1) is 25.7. The van der Waals surface area contributed by atoms with Gasteiger partial charge in [0.2, 0.25) is 0 Å². The molecule has 9 nitrogen and oxygen atoms in total. The van der Waals surface area contributed by atoms with Crippen LogP contribution in [0.3, 0.4) is 0 Å². The molecule has 0 radical (unpaired) electrons. The van der Waals surface area contributed by atoms with Gasteiger partial charge in [-0.3, -0.25) is 19.7 Å². The number of amides is 1. The number of nitrogens with zero attached hydrogens (tertiary/aromatic N) is 7. The highest BCUT2D eigenvalue weighted by atomic mass is 19.1. The van der Waals surface area contributed by atoms with Crippen LogP contribution in [0.1, 0.15) is 30.5 Å². The molecular formula is C40H35F4N7O2. The van der Waals surface area contributed by atoms with Crippen molar-refractivity contribution in [2.45, 2.75) is 43.2 Å².